The summed E-state index contributed by atoms with van der Waals surface area (Å²) < 4.78 is 14.1. The maximum absolute atomic E-state index is 14.1. The number of rotatable bonds is 8. The normalized spacial score (nSPS) is 14.6. The largest absolute Gasteiger partial charge is 0.357 e. The lowest BCUT2D eigenvalue weighted by Gasteiger charge is -2.33. The lowest BCUT2D eigenvalue weighted by Crippen LogP contribution is -2.34. The summed E-state index contributed by atoms with van der Waals surface area (Å²) in [6.07, 6.45) is 7.12. The van der Waals surface area contributed by atoms with E-state index in [1.165, 1.54) is 30.9 Å². The number of piperidine rings is 1. The van der Waals surface area contributed by atoms with E-state index in [-0.39, 0.29) is 5.82 Å². The Morgan fingerprint density at radius 2 is 2.03 bits per heavy atom. The van der Waals surface area contributed by atoms with E-state index >= 15 is 0 Å². The lowest BCUT2D eigenvalue weighted by atomic mass is 9.89. The summed E-state index contributed by atoms with van der Waals surface area (Å²) in [6.45, 7) is 8.50. The minimum atomic E-state index is -0.313. The Morgan fingerprint density at radius 1 is 1.24 bits per heavy atom. The van der Waals surface area contributed by atoms with Crippen molar-refractivity contribution < 1.29 is 4.39 Å². The van der Waals surface area contributed by atoms with E-state index in [2.05, 4.69) is 24.5 Å². The van der Waals surface area contributed by atoms with Gasteiger partial charge in [-0.1, -0.05) is 37.6 Å². The van der Waals surface area contributed by atoms with Crippen molar-refractivity contribution in [2.45, 2.75) is 51.9 Å². The quantitative estimate of drug-likeness (QED) is 0.531. The Labute approximate surface area is 173 Å². The van der Waals surface area contributed by atoms with E-state index in [4.69, 9.17) is 10.2 Å². The molecule has 1 fully saturated rings. The summed E-state index contributed by atoms with van der Waals surface area (Å²) in [5, 5.41) is 8.86. The first-order valence-corrected chi connectivity index (χ1v) is 10.6. The van der Waals surface area contributed by atoms with Gasteiger partial charge in [0.2, 0.25) is 0 Å². The minimum absolute atomic E-state index is 0.313. The zero-order chi connectivity index (χ0) is 20.6. The third-order valence-electron chi connectivity index (χ3n) is 5.74. The van der Waals surface area contributed by atoms with Crippen LogP contribution in [0.25, 0.3) is 0 Å². The fourth-order valence-corrected chi connectivity index (χ4v) is 4.09. The maximum Gasteiger partial charge on any atom is 0.128 e. The maximum atomic E-state index is 14.1. The van der Waals surface area contributed by atoms with Gasteiger partial charge in [-0.15, -0.1) is 0 Å². The second-order valence-electron chi connectivity index (χ2n) is 8.04. The number of anilines is 1. The van der Waals surface area contributed by atoms with Crippen molar-refractivity contribution in [3.05, 3.63) is 71.2 Å². The van der Waals surface area contributed by atoms with Crippen molar-refractivity contribution in [1.29, 1.82) is 5.26 Å². The second-order valence-corrected chi connectivity index (χ2v) is 8.04. The van der Waals surface area contributed by atoms with Crippen LogP contribution in [0.15, 0.2) is 48.6 Å². The number of aryl methyl sites for hydroxylation is 2. The van der Waals surface area contributed by atoms with Crippen LogP contribution in [0.3, 0.4) is 0 Å². The number of halogens is 1. The molecule has 0 N–H and O–H groups in total. The Kier molecular flexibility index (Phi) is 7.41. The van der Waals surface area contributed by atoms with Crippen LogP contribution in [0.4, 0.5) is 10.2 Å². The van der Waals surface area contributed by atoms with Crippen LogP contribution in [-0.2, 0) is 12.8 Å². The molecular weight excluding hydrogens is 361 g/mol. The molecule has 0 radical (unpaired) electrons. The standard InChI is InChI=1S/C25H30FN3/c1-3-5-19(2)16-20-12-14-29(15-13-20)25-7-4-6-23(28-25)11-10-22-9-8-21(18-27)17-24(22)26/h4,6-9,17,20H,2-3,5,10-16H2,1H3. The first-order chi connectivity index (χ1) is 14.1. The predicted octanol–water partition coefficient (Wildman–Crippen LogP) is 5.84. The minimum Gasteiger partial charge on any atom is -0.357 e. The van der Waals surface area contributed by atoms with E-state index in [1.807, 2.05) is 18.2 Å². The first-order valence-electron chi connectivity index (χ1n) is 10.6. The molecular formula is C25H30FN3. The highest BCUT2D eigenvalue weighted by Crippen LogP contribution is 2.27. The molecule has 1 saturated heterocycles. The Hall–Kier alpha value is -2.67. The molecule has 29 heavy (non-hydrogen) atoms. The van der Waals surface area contributed by atoms with Crippen LogP contribution in [0, 0.1) is 23.1 Å². The molecule has 2 aromatic rings. The monoisotopic (exact) mass is 391 g/mol. The predicted molar refractivity (Wildman–Crippen MR) is 116 cm³/mol. The molecule has 152 valence electrons. The number of hydrogen-bond acceptors (Lipinski definition) is 3. The van der Waals surface area contributed by atoms with Crippen LogP contribution >= 0.6 is 0 Å². The molecule has 0 aliphatic carbocycles. The van der Waals surface area contributed by atoms with E-state index in [1.54, 1.807) is 12.1 Å². The third kappa shape index (κ3) is 5.90. The Bertz CT molecular complexity index is 876. The molecule has 0 saturated carbocycles. The fraction of sp³-hybridized carbons (Fsp3) is 0.440. The summed E-state index contributed by atoms with van der Waals surface area (Å²) in [5.74, 6) is 1.45. The number of hydrogen-bond donors (Lipinski definition) is 0. The molecule has 0 spiro atoms. The highest BCUT2D eigenvalue weighted by Gasteiger charge is 2.20. The van der Waals surface area contributed by atoms with Gasteiger partial charge in [-0.05, 0) is 74.3 Å². The molecule has 3 rings (SSSR count). The summed E-state index contributed by atoms with van der Waals surface area (Å²) in [7, 11) is 0. The Morgan fingerprint density at radius 3 is 2.72 bits per heavy atom. The summed E-state index contributed by atoms with van der Waals surface area (Å²) >= 11 is 0. The summed E-state index contributed by atoms with van der Waals surface area (Å²) in [6, 6.07) is 12.8. The van der Waals surface area contributed by atoms with E-state index < -0.39 is 0 Å². The number of allylic oxidation sites excluding steroid dienone is 1. The van der Waals surface area contributed by atoms with Crippen molar-refractivity contribution in [1.82, 2.24) is 4.98 Å². The van der Waals surface area contributed by atoms with Gasteiger partial charge < -0.3 is 4.90 Å². The SMILES string of the molecule is C=C(CCC)CC1CCN(c2cccc(CCc3ccc(C#N)cc3F)n2)CC1. The molecule has 3 nitrogen and oxygen atoms in total. The van der Waals surface area contributed by atoms with Gasteiger partial charge in [0.25, 0.3) is 0 Å². The second kappa shape index (κ2) is 10.2. The number of pyridine rings is 1. The molecule has 1 aromatic heterocycles. The van der Waals surface area contributed by atoms with Gasteiger partial charge >= 0.3 is 0 Å². The molecule has 1 aliphatic rings. The smallest absolute Gasteiger partial charge is 0.128 e. The molecule has 0 unspecified atom stereocenters. The van der Waals surface area contributed by atoms with Crippen LogP contribution in [0.1, 0.15) is 55.8 Å². The van der Waals surface area contributed by atoms with Gasteiger partial charge in [0.1, 0.15) is 11.6 Å². The van der Waals surface area contributed by atoms with Crippen LogP contribution < -0.4 is 4.90 Å². The van der Waals surface area contributed by atoms with Crippen molar-refractivity contribution in [3.63, 3.8) is 0 Å². The third-order valence-corrected chi connectivity index (χ3v) is 5.74. The van der Waals surface area contributed by atoms with Crippen LogP contribution in [0.5, 0.6) is 0 Å². The average Bonchev–Trinajstić information content (AvgIpc) is 2.73. The average molecular weight is 392 g/mol. The van der Waals surface area contributed by atoms with Gasteiger partial charge in [-0.2, -0.15) is 5.26 Å². The van der Waals surface area contributed by atoms with Gasteiger partial charge in [0.15, 0.2) is 0 Å². The highest BCUT2D eigenvalue weighted by molar-refractivity contribution is 5.40. The number of benzene rings is 1. The first kappa shape index (κ1) is 21.0. The molecule has 1 aliphatic heterocycles. The molecule has 0 amide bonds. The zero-order valence-electron chi connectivity index (χ0n) is 17.3. The Balaban J connectivity index is 1.55. The van der Waals surface area contributed by atoms with Crippen LogP contribution in [-0.4, -0.2) is 18.1 Å². The van der Waals surface area contributed by atoms with E-state index in [0.29, 0.717) is 24.0 Å². The molecule has 1 aromatic carbocycles. The molecule has 2 heterocycles. The molecule has 4 heteroatoms. The van der Waals surface area contributed by atoms with Crippen molar-refractivity contribution in [3.8, 4) is 6.07 Å². The number of nitrogens with zero attached hydrogens (tertiary/aromatic N) is 3. The summed E-state index contributed by atoms with van der Waals surface area (Å²) in [5.41, 5.74) is 3.35. The lowest BCUT2D eigenvalue weighted by molar-refractivity contribution is 0.398. The zero-order valence-corrected chi connectivity index (χ0v) is 17.3. The van der Waals surface area contributed by atoms with Crippen LogP contribution in [0.2, 0.25) is 0 Å². The van der Waals surface area contributed by atoms with Gasteiger partial charge in [-0.3, -0.25) is 0 Å². The number of aromatic nitrogens is 1. The van der Waals surface area contributed by atoms with Crippen molar-refractivity contribution in [2.24, 2.45) is 5.92 Å². The van der Waals surface area contributed by atoms with Gasteiger partial charge in [0, 0.05) is 18.8 Å². The van der Waals surface area contributed by atoms with E-state index in [0.717, 1.165) is 43.4 Å². The van der Waals surface area contributed by atoms with Crippen molar-refractivity contribution >= 4 is 5.82 Å². The van der Waals surface area contributed by atoms with Crippen molar-refractivity contribution in [2.75, 3.05) is 18.0 Å². The molecule has 0 atom stereocenters. The topological polar surface area (TPSA) is 39.9 Å². The van der Waals surface area contributed by atoms with Gasteiger partial charge in [-0.25, -0.2) is 9.37 Å². The number of nitriles is 1. The summed E-state index contributed by atoms with van der Waals surface area (Å²) in [4.78, 5) is 7.19. The van der Waals surface area contributed by atoms with Gasteiger partial charge in [0.05, 0.1) is 11.6 Å². The molecule has 0 bridgehead atoms. The van der Waals surface area contributed by atoms with E-state index in [9.17, 15) is 4.39 Å². The fourth-order valence-electron chi connectivity index (χ4n) is 4.09. The highest BCUT2D eigenvalue weighted by atomic mass is 19.1.